The average molecular weight is 233 g/mol. The van der Waals surface area contributed by atoms with Crippen molar-refractivity contribution in [2.75, 3.05) is 0 Å². The van der Waals surface area contributed by atoms with Crippen molar-refractivity contribution in [3.63, 3.8) is 0 Å². The van der Waals surface area contributed by atoms with Gasteiger partial charge < -0.3 is 11.5 Å². The number of pyridine rings is 1. The minimum atomic E-state index is -0.698. The van der Waals surface area contributed by atoms with Crippen LogP contribution in [-0.2, 0) is 11.2 Å². The molecule has 0 fully saturated rings. The van der Waals surface area contributed by atoms with Gasteiger partial charge in [-0.05, 0) is 28.5 Å². The summed E-state index contributed by atoms with van der Waals surface area (Å²) in [4.78, 5) is 14.9. The molecule has 88 valence electrons. The van der Waals surface area contributed by atoms with Crippen LogP contribution >= 0.6 is 0 Å². The number of rotatable bonds is 4. The number of carbonyl (C=O) groups is 1. The number of nitrogens with two attached hydrogens (primary N) is 2. The van der Waals surface area contributed by atoms with E-state index < -0.39 is 11.9 Å². The van der Waals surface area contributed by atoms with Gasteiger partial charge in [0.2, 0.25) is 5.91 Å². The summed E-state index contributed by atoms with van der Waals surface area (Å²) >= 11 is 0. The van der Waals surface area contributed by atoms with Crippen LogP contribution in [0.15, 0.2) is 24.7 Å². The first-order valence-corrected chi connectivity index (χ1v) is 4.90. The van der Waals surface area contributed by atoms with E-state index in [2.05, 4.69) is 20.5 Å². The van der Waals surface area contributed by atoms with E-state index in [1.165, 1.54) is 11.0 Å². The Kier molecular flexibility index (Phi) is 3.06. The van der Waals surface area contributed by atoms with Crippen LogP contribution in [-0.4, -0.2) is 37.1 Å². The fourth-order valence-electron chi connectivity index (χ4n) is 1.29. The van der Waals surface area contributed by atoms with Gasteiger partial charge in [0.25, 0.3) is 0 Å². The van der Waals surface area contributed by atoms with E-state index in [0.29, 0.717) is 12.2 Å². The smallest absolute Gasteiger partial charge is 0.234 e. The molecule has 1 amide bonds. The van der Waals surface area contributed by atoms with Crippen molar-refractivity contribution in [2.45, 2.75) is 12.5 Å². The molecule has 1 unspecified atom stereocenters. The number of hydrogen-bond donors (Lipinski definition) is 2. The number of carbonyl (C=O) groups excluding carboxylic acids is 1. The molecule has 0 radical (unpaired) electrons. The molecule has 4 N–H and O–H groups in total. The lowest BCUT2D eigenvalue weighted by Gasteiger charge is -2.07. The Morgan fingerprint density at radius 1 is 1.47 bits per heavy atom. The highest BCUT2D eigenvalue weighted by atomic mass is 16.1. The number of tetrazole rings is 1. The molecule has 2 aromatic rings. The first-order chi connectivity index (χ1) is 8.16. The first-order valence-electron chi connectivity index (χ1n) is 4.90. The van der Waals surface area contributed by atoms with Crippen molar-refractivity contribution in [2.24, 2.45) is 11.5 Å². The lowest BCUT2D eigenvalue weighted by atomic mass is 10.1. The zero-order chi connectivity index (χ0) is 12.3. The first kappa shape index (κ1) is 11.1. The normalized spacial score (nSPS) is 12.3. The molecule has 8 heteroatoms. The number of primary amides is 1. The molecule has 2 aromatic heterocycles. The van der Waals surface area contributed by atoms with Crippen LogP contribution in [0.5, 0.6) is 0 Å². The zero-order valence-electron chi connectivity index (χ0n) is 8.89. The van der Waals surface area contributed by atoms with Crippen molar-refractivity contribution in [3.05, 3.63) is 30.2 Å². The summed E-state index contributed by atoms with van der Waals surface area (Å²) in [6.45, 7) is 0. The third kappa shape index (κ3) is 2.61. The van der Waals surface area contributed by atoms with Crippen LogP contribution in [0.3, 0.4) is 0 Å². The fraction of sp³-hybridized carbons (Fsp3) is 0.222. The molecule has 8 nitrogen and oxygen atoms in total. The van der Waals surface area contributed by atoms with Gasteiger partial charge in [0.15, 0.2) is 5.82 Å². The minimum absolute atomic E-state index is 0.359. The van der Waals surface area contributed by atoms with Gasteiger partial charge in [0.05, 0.1) is 6.04 Å². The Bertz CT molecular complexity index is 493. The summed E-state index contributed by atoms with van der Waals surface area (Å²) in [5.74, 6) is 0.0564. The summed E-state index contributed by atoms with van der Waals surface area (Å²) in [7, 11) is 0. The number of nitrogens with zero attached hydrogens (tertiary/aromatic N) is 5. The molecule has 0 aliphatic carbocycles. The summed E-state index contributed by atoms with van der Waals surface area (Å²) in [6, 6.07) is 2.84. The molecule has 0 saturated heterocycles. The van der Waals surface area contributed by atoms with Gasteiger partial charge in [-0.3, -0.25) is 4.79 Å². The van der Waals surface area contributed by atoms with E-state index in [0.717, 1.165) is 5.56 Å². The second-order valence-corrected chi connectivity index (χ2v) is 3.49. The van der Waals surface area contributed by atoms with Crippen molar-refractivity contribution < 1.29 is 4.79 Å². The van der Waals surface area contributed by atoms with Crippen LogP contribution in [0, 0.1) is 0 Å². The average Bonchev–Trinajstić information content (AvgIpc) is 2.83. The third-order valence-corrected chi connectivity index (χ3v) is 2.21. The standard InChI is InChI=1S/C9H11N7O/c10-7(9(11)17)3-6-1-2-8(12-4-6)16-5-13-14-15-16/h1-2,4-5,7H,3,10H2,(H2,11,17). The predicted molar refractivity (Wildman–Crippen MR) is 57.8 cm³/mol. The lowest BCUT2D eigenvalue weighted by Crippen LogP contribution is -2.38. The van der Waals surface area contributed by atoms with E-state index in [4.69, 9.17) is 11.5 Å². The third-order valence-electron chi connectivity index (χ3n) is 2.21. The highest BCUT2D eigenvalue weighted by Crippen LogP contribution is 2.05. The molecule has 0 saturated carbocycles. The maximum atomic E-state index is 10.8. The van der Waals surface area contributed by atoms with Crippen LogP contribution < -0.4 is 11.5 Å². The largest absolute Gasteiger partial charge is 0.368 e. The molecule has 0 bridgehead atoms. The Balaban J connectivity index is 2.11. The second kappa shape index (κ2) is 4.66. The van der Waals surface area contributed by atoms with E-state index in [1.54, 1.807) is 18.3 Å². The van der Waals surface area contributed by atoms with E-state index in [1.807, 2.05) is 0 Å². The minimum Gasteiger partial charge on any atom is -0.368 e. The monoisotopic (exact) mass is 233 g/mol. The van der Waals surface area contributed by atoms with Crippen LogP contribution in [0.25, 0.3) is 5.82 Å². The van der Waals surface area contributed by atoms with Gasteiger partial charge in [-0.25, -0.2) is 4.98 Å². The van der Waals surface area contributed by atoms with E-state index >= 15 is 0 Å². The Morgan fingerprint density at radius 3 is 2.82 bits per heavy atom. The summed E-state index contributed by atoms with van der Waals surface area (Å²) in [5, 5.41) is 10.7. The van der Waals surface area contributed by atoms with E-state index in [-0.39, 0.29) is 0 Å². The molecule has 0 aliphatic rings. The van der Waals surface area contributed by atoms with Crippen molar-refractivity contribution in [3.8, 4) is 5.82 Å². The van der Waals surface area contributed by atoms with Crippen molar-refractivity contribution in [1.29, 1.82) is 0 Å². The SMILES string of the molecule is NC(=O)C(N)Cc1ccc(-n2cnnn2)nc1. The van der Waals surface area contributed by atoms with Crippen molar-refractivity contribution in [1.82, 2.24) is 25.2 Å². The molecule has 0 aromatic carbocycles. The number of aromatic nitrogens is 5. The molecule has 1 atom stereocenters. The highest BCUT2D eigenvalue weighted by Gasteiger charge is 2.10. The Morgan fingerprint density at radius 2 is 2.29 bits per heavy atom. The maximum Gasteiger partial charge on any atom is 0.234 e. The number of amides is 1. The molecule has 2 rings (SSSR count). The maximum absolute atomic E-state index is 10.8. The van der Waals surface area contributed by atoms with Crippen molar-refractivity contribution >= 4 is 5.91 Å². The molecule has 0 aliphatic heterocycles. The lowest BCUT2D eigenvalue weighted by molar-refractivity contribution is -0.119. The topological polar surface area (TPSA) is 126 Å². The van der Waals surface area contributed by atoms with Crippen LogP contribution in [0.4, 0.5) is 0 Å². The molecular weight excluding hydrogens is 222 g/mol. The Hall–Kier alpha value is -2.35. The van der Waals surface area contributed by atoms with Gasteiger partial charge in [-0.15, -0.1) is 5.10 Å². The van der Waals surface area contributed by atoms with E-state index in [9.17, 15) is 4.79 Å². The van der Waals surface area contributed by atoms with Gasteiger partial charge in [-0.1, -0.05) is 6.07 Å². The Labute approximate surface area is 96.6 Å². The molecule has 17 heavy (non-hydrogen) atoms. The highest BCUT2D eigenvalue weighted by molar-refractivity contribution is 5.79. The summed E-state index contributed by atoms with van der Waals surface area (Å²) in [5.41, 5.74) is 11.4. The molecular formula is C9H11N7O. The predicted octanol–water partition coefficient (Wildman–Crippen LogP) is -1.59. The summed E-state index contributed by atoms with van der Waals surface area (Å²) < 4.78 is 1.43. The summed E-state index contributed by atoms with van der Waals surface area (Å²) in [6.07, 6.45) is 3.41. The van der Waals surface area contributed by atoms with Crippen LogP contribution in [0.1, 0.15) is 5.56 Å². The fourth-order valence-corrected chi connectivity index (χ4v) is 1.29. The molecule has 0 spiro atoms. The van der Waals surface area contributed by atoms with Gasteiger partial charge in [0, 0.05) is 6.20 Å². The van der Waals surface area contributed by atoms with Gasteiger partial charge in [-0.2, -0.15) is 4.68 Å². The molecule has 2 heterocycles. The second-order valence-electron chi connectivity index (χ2n) is 3.49. The van der Waals surface area contributed by atoms with Crippen LogP contribution in [0.2, 0.25) is 0 Å². The number of hydrogen-bond acceptors (Lipinski definition) is 6. The zero-order valence-corrected chi connectivity index (χ0v) is 8.89. The quantitative estimate of drug-likeness (QED) is 0.655. The van der Waals surface area contributed by atoms with Gasteiger partial charge in [0.1, 0.15) is 6.33 Å². The van der Waals surface area contributed by atoms with Gasteiger partial charge >= 0.3 is 0 Å².